The van der Waals surface area contributed by atoms with Crippen LogP contribution in [0, 0.1) is 17.4 Å². The second-order valence-corrected chi connectivity index (χ2v) is 5.57. The molecule has 0 unspecified atom stereocenters. The van der Waals surface area contributed by atoms with Crippen molar-refractivity contribution in [2.45, 2.75) is 27.2 Å². The van der Waals surface area contributed by atoms with Crippen LogP contribution in [0.2, 0.25) is 0 Å². The summed E-state index contributed by atoms with van der Waals surface area (Å²) in [7, 11) is 0. The molecule has 0 saturated carbocycles. The van der Waals surface area contributed by atoms with Gasteiger partial charge in [-0.2, -0.15) is 0 Å². The van der Waals surface area contributed by atoms with E-state index in [0.717, 1.165) is 22.4 Å². The number of phenols is 1. The Hall–Kier alpha value is -1.37. The smallest absolute Gasteiger partial charge is 0.264 e. The quantitative estimate of drug-likeness (QED) is 0.799. The maximum absolute atomic E-state index is 11.9. The highest BCUT2D eigenvalue weighted by atomic mass is 127. The molecule has 0 aliphatic heterocycles. The predicted octanol–water partition coefficient (Wildman–Crippen LogP) is 2.93. The third-order valence-corrected chi connectivity index (χ3v) is 4.14. The number of aromatic hydroxyl groups is 1. The molecule has 100 valence electrons. The van der Waals surface area contributed by atoms with E-state index < -0.39 is 0 Å². The number of aromatic nitrogens is 2. The Balaban J connectivity index is 2.66. The van der Waals surface area contributed by atoms with Crippen LogP contribution in [0.25, 0.3) is 11.4 Å². The van der Waals surface area contributed by atoms with Gasteiger partial charge >= 0.3 is 0 Å². The molecule has 0 atom stereocenters. The minimum Gasteiger partial charge on any atom is -0.507 e. The van der Waals surface area contributed by atoms with Crippen molar-refractivity contribution in [3.05, 3.63) is 42.9 Å². The van der Waals surface area contributed by atoms with Crippen molar-refractivity contribution in [1.29, 1.82) is 0 Å². The molecule has 0 spiro atoms. The zero-order valence-electron chi connectivity index (χ0n) is 11.0. The topological polar surface area (TPSA) is 66.0 Å². The van der Waals surface area contributed by atoms with Gasteiger partial charge in [0.2, 0.25) is 0 Å². The minimum absolute atomic E-state index is 0.120. The Morgan fingerprint density at radius 3 is 2.42 bits per heavy atom. The van der Waals surface area contributed by atoms with Gasteiger partial charge in [-0.05, 0) is 66.1 Å². The third kappa shape index (κ3) is 2.65. The highest BCUT2D eigenvalue weighted by Crippen LogP contribution is 2.27. The molecule has 0 radical (unpaired) electrons. The SMILES string of the molecule is CCc1nc(-c2cc(C)c(O)c(C)c2)[nH]c(=O)c1I. The normalized spacial score (nSPS) is 10.7. The van der Waals surface area contributed by atoms with Crippen LogP contribution in [0.4, 0.5) is 0 Å². The Bertz CT molecular complexity index is 669. The van der Waals surface area contributed by atoms with Gasteiger partial charge < -0.3 is 10.1 Å². The molecule has 1 aromatic carbocycles. The van der Waals surface area contributed by atoms with Gasteiger partial charge in [0.25, 0.3) is 5.56 Å². The lowest BCUT2D eigenvalue weighted by atomic mass is 10.1. The number of aromatic amines is 1. The number of rotatable bonds is 2. The fraction of sp³-hybridized carbons (Fsp3) is 0.286. The first-order valence-electron chi connectivity index (χ1n) is 6.03. The van der Waals surface area contributed by atoms with Crippen LogP contribution in [0.5, 0.6) is 5.75 Å². The molecular formula is C14H15IN2O2. The van der Waals surface area contributed by atoms with Gasteiger partial charge in [-0.15, -0.1) is 0 Å². The number of hydrogen-bond donors (Lipinski definition) is 2. The summed E-state index contributed by atoms with van der Waals surface area (Å²) in [4.78, 5) is 19.2. The molecule has 2 N–H and O–H groups in total. The van der Waals surface area contributed by atoms with Crippen LogP contribution in [-0.2, 0) is 6.42 Å². The van der Waals surface area contributed by atoms with E-state index in [-0.39, 0.29) is 11.3 Å². The van der Waals surface area contributed by atoms with Gasteiger partial charge in [0.05, 0.1) is 9.26 Å². The molecule has 4 nitrogen and oxygen atoms in total. The Labute approximate surface area is 125 Å². The van der Waals surface area contributed by atoms with Crippen molar-refractivity contribution in [3.8, 4) is 17.1 Å². The average molecular weight is 370 g/mol. The maximum Gasteiger partial charge on any atom is 0.264 e. The summed E-state index contributed by atoms with van der Waals surface area (Å²) in [5, 5.41) is 9.78. The second-order valence-electron chi connectivity index (χ2n) is 4.49. The van der Waals surface area contributed by atoms with E-state index in [2.05, 4.69) is 9.97 Å². The zero-order chi connectivity index (χ0) is 14.2. The van der Waals surface area contributed by atoms with Crippen LogP contribution < -0.4 is 5.56 Å². The van der Waals surface area contributed by atoms with Crippen LogP contribution in [0.15, 0.2) is 16.9 Å². The molecular weight excluding hydrogens is 355 g/mol. The number of H-pyrrole nitrogens is 1. The van der Waals surface area contributed by atoms with Gasteiger partial charge in [0.1, 0.15) is 11.6 Å². The highest BCUT2D eigenvalue weighted by Gasteiger charge is 2.11. The lowest BCUT2D eigenvalue weighted by Gasteiger charge is -2.09. The Morgan fingerprint density at radius 1 is 1.32 bits per heavy atom. The summed E-state index contributed by atoms with van der Waals surface area (Å²) >= 11 is 2.01. The van der Waals surface area contributed by atoms with Crippen LogP contribution in [-0.4, -0.2) is 15.1 Å². The zero-order valence-corrected chi connectivity index (χ0v) is 13.2. The number of nitrogens with zero attached hydrogens (tertiary/aromatic N) is 1. The van der Waals surface area contributed by atoms with Crippen molar-refractivity contribution < 1.29 is 5.11 Å². The summed E-state index contributed by atoms with van der Waals surface area (Å²) in [6.45, 7) is 5.63. The number of aryl methyl sites for hydroxylation is 3. The summed E-state index contributed by atoms with van der Waals surface area (Å²) in [6.07, 6.45) is 0.714. The maximum atomic E-state index is 11.9. The first-order valence-corrected chi connectivity index (χ1v) is 7.11. The third-order valence-electron chi connectivity index (χ3n) is 3.03. The number of benzene rings is 1. The molecule has 2 rings (SSSR count). The van der Waals surface area contributed by atoms with E-state index in [9.17, 15) is 9.90 Å². The van der Waals surface area contributed by atoms with Crippen molar-refractivity contribution in [2.75, 3.05) is 0 Å². The number of phenolic OH excluding ortho intramolecular Hbond substituents is 1. The highest BCUT2D eigenvalue weighted by molar-refractivity contribution is 14.1. The first-order chi connectivity index (χ1) is 8.93. The molecule has 0 saturated heterocycles. The largest absolute Gasteiger partial charge is 0.507 e. The Morgan fingerprint density at radius 2 is 1.89 bits per heavy atom. The standard InChI is InChI=1S/C14H15IN2O2/c1-4-10-11(15)14(19)17-13(16-10)9-5-7(2)12(18)8(3)6-9/h5-6,18H,4H2,1-3H3,(H,16,17,19). The number of halogens is 1. The van der Waals surface area contributed by atoms with E-state index >= 15 is 0 Å². The fourth-order valence-electron chi connectivity index (χ4n) is 1.97. The van der Waals surface area contributed by atoms with Crippen LogP contribution >= 0.6 is 22.6 Å². The first kappa shape index (κ1) is 14.0. The average Bonchev–Trinajstić information content (AvgIpc) is 2.38. The summed E-state index contributed by atoms with van der Waals surface area (Å²) in [6, 6.07) is 3.65. The molecule has 0 fully saturated rings. The lowest BCUT2D eigenvalue weighted by molar-refractivity contribution is 0.467. The number of hydrogen-bond acceptors (Lipinski definition) is 3. The lowest BCUT2D eigenvalue weighted by Crippen LogP contribution is -2.16. The van der Waals surface area contributed by atoms with Crippen molar-refractivity contribution in [3.63, 3.8) is 0 Å². The van der Waals surface area contributed by atoms with Crippen molar-refractivity contribution >= 4 is 22.6 Å². The van der Waals surface area contributed by atoms with Crippen molar-refractivity contribution in [2.24, 2.45) is 0 Å². The molecule has 1 heterocycles. The predicted molar refractivity (Wildman–Crippen MR) is 83.5 cm³/mol. The second kappa shape index (κ2) is 5.32. The molecule has 5 heteroatoms. The van der Waals surface area contributed by atoms with E-state index in [4.69, 9.17) is 0 Å². The van der Waals surface area contributed by atoms with E-state index in [1.54, 1.807) is 0 Å². The van der Waals surface area contributed by atoms with E-state index in [0.29, 0.717) is 15.8 Å². The van der Waals surface area contributed by atoms with E-state index in [1.807, 2.05) is 55.5 Å². The van der Waals surface area contributed by atoms with Crippen molar-refractivity contribution in [1.82, 2.24) is 9.97 Å². The minimum atomic E-state index is -0.120. The van der Waals surface area contributed by atoms with Crippen LogP contribution in [0.3, 0.4) is 0 Å². The molecule has 0 aliphatic rings. The van der Waals surface area contributed by atoms with Crippen LogP contribution in [0.1, 0.15) is 23.7 Å². The molecule has 0 amide bonds. The molecule has 1 aromatic heterocycles. The molecule has 2 aromatic rings. The summed E-state index contributed by atoms with van der Waals surface area (Å²) in [5.74, 6) is 0.834. The summed E-state index contributed by atoms with van der Waals surface area (Å²) < 4.78 is 0.635. The van der Waals surface area contributed by atoms with Gasteiger partial charge in [0, 0.05) is 5.56 Å². The Kier molecular flexibility index (Phi) is 3.93. The monoisotopic (exact) mass is 370 g/mol. The van der Waals surface area contributed by atoms with Gasteiger partial charge in [0.15, 0.2) is 0 Å². The fourth-order valence-corrected chi connectivity index (χ4v) is 2.61. The van der Waals surface area contributed by atoms with Gasteiger partial charge in [-0.1, -0.05) is 6.92 Å². The number of nitrogens with one attached hydrogen (secondary N) is 1. The molecule has 19 heavy (non-hydrogen) atoms. The molecule has 0 bridgehead atoms. The summed E-state index contributed by atoms with van der Waals surface area (Å²) in [5.41, 5.74) is 3.04. The van der Waals surface area contributed by atoms with Gasteiger partial charge in [-0.3, -0.25) is 4.79 Å². The van der Waals surface area contributed by atoms with E-state index in [1.165, 1.54) is 0 Å². The van der Waals surface area contributed by atoms with Gasteiger partial charge in [-0.25, -0.2) is 4.98 Å². The molecule has 0 aliphatic carbocycles.